The molecule has 0 saturated heterocycles. The number of fused-ring (bicyclic) bond motifs is 3. The van der Waals surface area contributed by atoms with Crippen molar-refractivity contribution in [3.8, 4) is 33.9 Å². The van der Waals surface area contributed by atoms with Crippen LogP contribution in [0.2, 0.25) is 5.02 Å². The van der Waals surface area contributed by atoms with Crippen LogP contribution < -0.4 is 26.1 Å². The number of carbonyl (C=O) groups excluding carboxylic acids is 2. The highest BCUT2D eigenvalue weighted by atomic mass is 35.5. The Morgan fingerprint density at radius 3 is 2.59 bits per heavy atom. The normalized spacial score (nSPS) is 16.1. The quantitative estimate of drug-likeness (QED) is 0.0405. The van der Waals surface area contributed by atoms with E-state index in [0.29, 0.717) is 86.8 Å². The molecule has 0 saturated carbocycles. The highest BCUT2D eigenvalue weighted by Crippen LogP contribution is 2.43. The Morgan fingerprint density at radius 1 is 1.02 bits per heavy atom. The molecule has 2 aliphatic heterocycles. The number of nitrogens with one attached hydrogen (secondary N) is 3. The van der Waals surface area contributed by atoms with Crippen molar-refractivity contribution in [3.05, 3.63) is 135 Å². The van der Waals surface area contributed by atoms with E-state index in [1.807, 2.05) is 37.3 Å². The lowest BCUT2D eigenvalue weighted by atomic mass is 9.88. The minimum absolute atomic E-state index is 0.00171. The molecule has 2 atom stereocenters. The number of rotatable bonds is 13. The fourth-order valence-corrected chi connectivity index (χ4v) is 7.53. The molecule has 4 N–H and O–H groups in total. The van der Waals surface area contributed by atoms with Gasteiger partial charge in [-0.25, -0.2) is 0 Å². The monoisotopic (exact) mass is 790 g/mol. The van der Waals surface area contributed by atoms with Gasteiger partial charge in [-0.3, -0.25) is 14.4 Å². The van der Waals surface area contributed by atoms with Gasteiger partial charge in [0.2, 0.25) is 5.91 Å². The lowest BCUT2D eigenvalue weighted by Gasteiger charge is -2.30. The van der Waals surface area contributed by atoms with E-state index in [4.69, 9.17) is 37.7 Å². The molecule has 0 bridgehead atoms. The molecule has 1 amide bonds. The van der Waals surface area contributed by atoms with Gasteiger partial charge in [0, 0.05) is 69.6 Å². The zero-order valence-corrected chi connectivity index (χ0v) is 32.2. The van der Waals surface area contributed by atoms with E-state index in [0.717, 1.165) is 23.3 Å². The second-order valence-electron chi connectivity index (χ2n) is 13.5. The molecular formula is C43H39ClN4O7S. The number of phenols is 1. The van der Waals surface area contributed by atoms with Crippen molar-refractivity contribution < 1.29 is 28.6 Å². The number of ether oxygens (including phenoxy) is 2. The number of nitrogens with zero attached hydrogens (tertiary/aromatic N) is 1. The number of carbonyl (C=O) groups is 2. The van der Waals surface area contributed by atoms with Gasteiger partial charge in [-0.2, -0.15) is 0 Å². The van der Waals surface area contributed by atoms with Crippen LogP contribution in [0, 0.1) is 5.92 Å². The molecule has 0 radical (unpaired) electrons. The van der Waals surface area contributed by atoms with Gasteiger partial charge in [0.05, 0.1) is 19.6 Å². The Kier molecular flexibility index (Phi) is 11.4. The van der Waals surface area contributed by atoms with Gasteiger partial charge in [-0.15, -0.1) is 0 Å². The number of aldehydes is 1. The van der Waals surface area contributed by atoms with Crippen molar-refractivity contribution in [3.63, 3.8) is 0 Å². The van der Waals surface area contributed by atoms with Gasteiger partial charge in [0.1, 0.15) is 28.6 Å². The smallest absolute Gasteiger partial charge is 0.224 e. The van der Waals surface area contributed by atoms with Crippen molar-refractivity contribution in [2.24, 2.45) is 5.92 Å². The minimum Gasteiger partial charge on any atom is -0.508 e. The Balaban J connectivity index is 0.939. The van der Waals surface area contributed by atoms with Gasteiger partial charge in [0.15, 0.2) is 23.6 Å². The maximum atomic E-state index is 13.2. The van der Waals surface area contributed by atoms with E-state index >= 15 is 0 Å². The van der Waals surface area contributed by atoms with Gasteiger partial charge in [0.25, 0.3) is 0 Å². The molecular weight excluding hydrogens is 752 g/mol. The zero-order valence-electron chi connectivity index (χ0n) is 30.6. The van der Waals surface area contributed by atoms with Crippen molar-refractivity contribution in [2.45, 2.75) is 25.8 Å². The predicted octanol–water partition coefficient (Wildman–Crippen LogP) is 7.63. The van der Waals surface area contributed by atoms with E-state index < -0.39 is 0 Å². The average molecular weight is 791 g/mol. The fraction of sp³-hybridized carbons (Fsp3) is 0.209. The molecule has 7 rings (SSSR count). The maximum Gasteiger partial charge on any atom is 0.224 e. The number of benzene rings is 4. The predicted molar refractivity (Wildman–Crippen MR) is 221 cm³/mol. The number of methoxy groups -OCH3 is 1. The summed E-state index contributed by atoms with van der Waals surface area (Å²) in [6.07, 6.45) is 7.70. The first-order valence-electron chi connectivity index (χ1n) is 18.0. The molecule has 4 aliphatic rings. The summed E-state index contributed by atoms with van der Waals surface area (Å²) in [5.74, 6) is 1.70. The molecule has 13 heteroatoms. The standard InChI is InChI=1S/C43H39ClN4O7S/c1-25-36(37-21-32(53-2)11-15-38(37)48(25)24-54-31-9-4-27(44)5-10-31)22-41(52)45-16-3-17-46-43(56)47-28-6-12-33(26(18-28)23-49)42-34-13-7-29(50)19-39(34)55-40-20-30(51)8-14-35(40)42/h4-15,18-21,23,37-38,50H,3,16-17,22,24H2,1-2H3,(H,45,52)(H2,46,47,56). The van der Waals surface area contributed by atoms with Crippen LogP contribution in [0.1, 0.15) is 30.1 Å². The molecule has 2 heterocycles. The highest BCUT2D eigenvalue weighted by Gasteiger charge is 2.39. The third-order valence-corrected chi connectivity index (χ3v) is 10.4. The van der Waals surface area contributed by atoms with E-state index in [2.05, 4.69) is 33.0 Å². The first-order valence-corrected chi connectivity index (χ1v) is 18.8. The number of anilines is 1. The van der Waals surface area contributed by atoms with Crippen LogP contribution in [-0.4, -0.2) is 60.3 Å². The van der Waals surface area contributed by atoms with Crippen molar-refractivity contribution in [1.29, 1.82) is 0 Å². The van der Waals surface area contributed by atoms with Crippen LogP contribution in [0.15, 0.2) is 123 Å². The molecule has 0 aromatic heterocycles. The van der Waals surface area contributed by atoms with Crippen LogP contribution in [0.4, 0.5) is 5.69 Å². The summed E-state index contributed by atoms with van der Waals surface area (Å²) in [4.78, 5) is 39.9. The van der Waals surface area contributed by atoms with Crippen molar-refractivity contribution in [2.75, 3.05) is 32.2 Å². The molecule has 56 heavy (non-hydrogen) atoms. The number of allylic oxidation sites excluding steroid dienone is 2. The number of hydrogen-bond donors (Lipinski definition) is 4. The minimum atomic E-state index is -0.221. The van der Waals surface area contributed by atoms with Crippen molar-refractivity contribution >= 4 is 57.8 Å². The third kappa shape index (κ3) is 8.26. The van der Waals surface area contributed by atoms with E-state index in [9.17, 15) is 19.5 Å². The number of phenolic OH excluding ortho intramolecular Hbond substituents is 1. The van der Waals surface area contributed by atoms with Crippen LogP contribution in [0.3, 0.4) is 0 Å². The summed E-state index contributed by atoms with van der Waals surface area (Å²) in [6.45, 7) is 3.27. The number of thiocarbonyl (C=S) groups is 1. The second kappa shape index (κ2) is 16.7. The first kappa shape index (κ1) is 38.2. The largest absolute Gasteiger partial charge is 0.508 e. The molecule has 0 fully saturated rings. The summed E-state index contributed by atoms with van der Waals surface area (Å²) in [6, 6.07) is 21.8. The second-order valence-corrected chi connectivity index (χ2v) is 14.3. The molecule has 2 unspecified atom stereocenters. The summed E-state index contributed by atoms with van der Waals surface area (Å²) in [5.41, 5.74) is 5.13. The highest BCUT2D eigenvalue weighted by molar-refractivity contribution is 7.80. The molecule has 0 spiro atoms. The topological polar surface area (TPSA) is 142 Å². The molecule has 3 aromatic rings. The molecule has 11 nitrogen and oxygen atoms in total. The number of aromatic hydroxyl groups is 1. The van der Waals surface area contributed by atoms with E-state index in [1.165, 1.54) is 18.2 Å². The SMILES string of the molecule is COC1=CC2C(CC(=O)NCCCNC(=S)Nc3ccc(-c4c5ccc(=O)cc-5oc5cc(O)ccc45)c(C=O)c3)=C(C)N(COc3ccc(Cl)cc3)C2C=C1. The lowest BCUT2D eigenvalue weighted by molar-refractivity contribution is -0.120. The van der Waals surface area contributed by atoms with Gasteiger partial charge in [-0.1, -0.05) is 23.7 Å². The van der Waals surface area contributed by atoms with Crippen LogP contribution in [0.5, 0.6) is 11.5 Å². The van der Waals surface area contributed by atoms with Crippen molar-refractivity contribution in [1.82, 2.24) is 15.5 Å². The van der Waals surface area contributed by atoms with E-state index in [-0.39, 0.29) is 35.5 Å². The summed E-state index contributed by atoms with van der Waals surface area (Å²) >= 11 is 11.6. The molecule has 3 aromatic carbocycles. The Morgan fingerprint density at radius 2 is 1.80 bits per heavy atom. The van der Waals surface area contributed by atoms with Gasteiger partial charge >= 0.3 is 0 Å². The summed E-state index contributed by atoms with van der Waals surface area (Å²) < 4.78 is 17.5. The molecule has 286 valence electrons. The van der Waals surface area contributed by atoms with E-state index in [1.54, 1.807) is 43.5 Å². The Hall–Kier alpha value is -6.11. The van der Waals surface area contributed by atoms with Crippen LogP contribution in [0.25, 0.3) is 33.4 Å². The zero-order chi connectivity index (χ0) is 39.3. The molecule has 2 aliphatic carbocycles. The Labute approximate surface area is 333 Å². The lowest BCUT2D eigenvalue weighted by Crippen LogP contribution is -2.36. The van der Waals surface area contributed by atoms with Crippen LogP contribution >= 0.6 is 23.8 Å². The number of hydrogen-bond acceptors (Lipinski definition) is 9. The average Bonchev–Trinajstić information content (AvgIpc) is 3.44. The van der Waals surface area contributed by atoms with Gasteiger partial charge < -0.3 is 39.8 Å². The number of halogens is 1. The summed E-state index contributed by atoms with van der Waals surface area (Å²) in [5, 5.41) is 21.1. The van der Waals surface area contributed by atoms with Crippen LogP contribution in [-0.2, 0) is 9.53 Å². The summed E-state index contributed by atoms with van der Waals surface area (Å²) in [7, 11) is 1.63. The van der Waals surface area contributed by atoms with Gasteiger partial charge in [-0.05, 0) is 110 Å². The first-order chi connectivity index (χ1) is 27.1. The third-order valence-electron chi connectivity index (χ3n) is 9.94. The fourth-order valence-electron chi connectivity index (χ4n) is 7.18. The maximum absolute atomic E-state index is 13.2. The number of amides is 1. The Bertz CT molecular complexity index is 2440.